The number of nitrogens with one attached hydrogen (secondary N) is 4. The van der Waals surface area contributed by atoms with Crippen LogP contribution in [0.5, 0.6) is 0 Å². The van der Waals surface area contributed by atoms with E-state index in [2.05, 4.69) is 25.9 Å². The van der Waals surface area contributed by atoms with Gasteiger partial charge in [0.15, 0.2) is 0 Å². The van der Waals surface area contributed by atoms with E-state index in [-0.39, 0.29) is 30.2 Å². The first-order valence-corrected chi connectivity index (χ1v) is 8.34. The number of carbonyl (C=O) groups excluding carboxylic acids is 3. The smallest absolute Gasteiger partial charge is 0.321 e. The van der Waals surface area contributed by atoms with Crippen molar-refractivity contribution >= 4 is 28.9 Å². The summed E-state index contributed by atoms with van der Waals surface area (Å²) in [4.78, 5) is 42.6. The first-order valence-electron chi connectivity index (χ1n) is 8.34. The number of urea groups is 1. The first-order chi connectivity index (χ1) is 12.0. The highest BCUT2D eigenvalue weighted by Crippen LogP contribution is 2.15. The molecular weight excluding hydrogens is 322 g/mol. The number of aromatic nitrogens is 2. The minimum Gasteiger partial charge on any atom is -0.356 e. The fraction of sp³-hybridized carbons (Fsp3) is 0.412. The van der Waals surface area contributed by atoms with Crippen LogP contribution in [0.25, 0.3) is 11.0 Å². The number of H-pyrrole nitrogens is 1. The second-order valence-corrected chi connectivity index (χ2v) is 6.20. The minimum atomic E-state index is -0.482. The zero-order valence-corrected chi connectivity index (χ0v) is 14.0. The molecule has 0 aliphatic carbocycles. The van der Waals surface area contributed by atoms with Gasteiger partial charge in [-0.3, -0.25) is 14.9 Å². The molecule has 2 atom stereocenters. The Labute approximate surface area is 144 Å². The number of rotatable bonds is 6. The molecule has 1 aromatic heterocycles. The molecule has 1 saturated heterocycles. The standard InChI is InChI=1S/C17H21N5O3/c1-10-11(16(24)22-17(25)19-10)6-7-15(23)18-9-8-14-20-12-4-2-3-5-13(12)21-14/h2-5,10-11H,6-9H2,1H3,(H,18,23)(H,20,21)(H2,19,22,24,25). The number of hydrogen-bond donors (Lipinski definition) is 4. The van der Waals surface area contributed by atoms with Gasteiger partial charge in [0, 0.05) is 25.4 Å². The van der Waals surface area contributed by atoms with Crippen molar-refractivity contribution in [3.8, 4) is 0 Å². The molecule has 2 unspecified atom stereocenters. The molecule has 1 fully saturated rings. The summed E-state index contributed by atoms with van der Waals surface area (Å²) < 4.78 is 0. The fourth-order valence-electron chi connectivity index (χ4n) is 2.98. The van der Waals surface area contributed by atoms with Crippen LogP contribution in [0.4, 0.5) is 4.79 Å². The Morgan fingerprint density at radius 1 is 1.28 bits per heavy atom. The summed E-state index contributed by atoms with van der Waals surface area (Å²) >= 11 is 0. The Hall–Kier alpha value is -2.90. The normalized spacial score (nSPS) is 20.2. The topological polar surface area (TPSA) is 116 Å². The minimum absolute atomic E-state index is 0.118. The molecule has 1 aromatic carbocycles. The predicted octanol–water partition coefficient (Wildman–Crippen LogP) is 0.846. The molecule has 2 heterocycles. The van der Waals surface area contributed by atoms with Gasteiger partial charge in [0.2, 0.25) is 11.8 Å². The number of imide groups is 1. The maximum absolute atomic E-state index is 12.0. The monoisotopic (exact) mass is 343 g/mol. The van der Waals surface area contributed by atoms with Gasteiger partial charge in [-0.1, -0.05) is 12.1 Å². The van der Waals surface area contributed by atoms with Crippen molar-refractivity contribution in [2.45, 2.75) is 32.2 Å². The zero-order valence-electron chi connectivity index (χ0n) is 14.0. The molecule has 4 amide bonds. The highest BCUT2D eigenvalue weighted by atomic mass is 16.2. The van der Waals surface area contributed by atoms with E-state index in [1.165, 1.54) is 0 Å². The van der Waals surface area contributed by atoms with Crippen molar-refractivity contribution in [3.63, 3.8) is 0 Å². The largest absolute Gasteiger partial charge is 0.356 e. The molecule has 0 saturated carbocycles. The van der Waals surface area contributed by atoms with Gasteiger partial charge in [0.1, 0.15) is 5.82 Å². The lowest BCUT2D eigenvalue weighted by Gasteiger charge is -2.28. The van der Waals surface area contributed by atoms with Crippen LogP contribution in [0, 0.1) is 5.92 Å². The molecule has 8 nitrogen and oxygen atoms in total. The number of imidazole rings is 1. The summed E-state index contributed by atoms with van der Waals surface area (Å²) in [7, 11) is 0. The molecule has 2 aromatic rings. The molecular formula is C17H21N5O3. The van der Waals surface area contributed by atoms with E-state index in [4.69, 9.17) is 0 Å². The molecule has 1 aliphatic heterocycles. The first kappa shape index (κ1) is 16.9. The third-order valence-electron chi connectivity index (χ3n) is 4.34. The molecule has 0 bridgehead atoms. The Morgan fingerprint density at radius 3 is 2.84 bits per heavy atom. The number of carbonyl (C=O) groups is 3. The van der Waals surface area contributed by atoms with Crippen molar-refractivity contribution in [3.05, 3.63) is 30.1 Å². The number of para-hydroxylation sites is 2. The van der Waals surface area contributed by atoms with Gasteiger partial charge in [-0.15, -0.1) is 0 Å². The van der Waals surface area contributed by atoms with Crippen molar-refractivity contribution in [1.29, 1.82) is 0 Å². The SMILES string of the molecule is CC1NC(=O)NC(=O)C1CCC(=O)NCCc1nc2ccccc2[nH]1. The summed E-state index contributed by atoms with van der Waals surface area (Å²) in [5.74, 6) is -0.0114. The molecule has 132 valence electrons. The Balaban J connectivity index is 1.42. The quantitative estimate of drug-likeness (QED) is 0.622. The van der Waals surface area contributed by atoms with Gasteiger partial charge in [0.05, 0.1) is 17.0 Å². The van der Waals surface area contributed by atoms with Crippen LogP contribution in [0.3, 0.4) is 0 Å². The number of nitrogens with zero attached hydrogens (tertiary/aromatic N) is 1. The van der Waals surface area contributed by atoms with Gasteiger partial charge in [-0.05, 0) is 25.5 Å². The third-order valence-corrected chi connectivity index (χ3v) is 4.34. The second kappa shape index (κ2) is 7.33. The van der Waals surface area contributed by atoms with E-state index in [1.807, 2.05) is 24.3 Å². The Morgan fingerprint density at radius 2 is 2.08 bits per heavy atom. The summed E-state index contributed by atoms with van der Waals surface area (Å²) in [6, 6.07) is 7.01. The van der Waals surface area contributed by atoms with Crippen molar-refractivity contribution < 1.29 is 14.4 Å². The number of aromatic amines is 1. The Kier molecular flexibility index (Phi) is 4.97. The van der Waals surface area contributed by atoms with Crippen LogP contribution in [-0.2, 0) is 16.0 Å². The van der Waals surface area contributed by atoms with Crippen molar-refractivity contribution in [2.24, 2.45) is 5.92 Å². The summed E-state index contributed by atoms with van der Waals surface area (Å²) in [5.41, 5.74) is 1.88. The van der Waals surface area contributed by atoms with E-state index < -0.39 is 6.03 Å². The lowest BCUT2D eigenvalue weighted by Crippen LogP contribution is -2.57. The fourth-order valence-corrected chi connectivity index (χ4v) is 2.98. The summed E-state index contributed by atoms with van der Waals surface area (Å²) in [6.45, 7) is 2.24. The van der Waals surface area contributed by atoms with E-state index in [0.717, 1.165) is 16.9 Å². The zero-order chi connectivity index (χ0) is 17.8. The molecule has 8 heteroatoms. The van der Waals surface area contributed by atoms with E-state index in [0.29, 0.717) is 19.4 Å². The molecule has 25 heavy (non-hydrogen) atoms. The van der Waals surface area contributed by atoms with E-state index in [9.17, 15) is 14.4 Å². The summed E-state index contributed by atoms with van der Waals surface area (Å²) in [6.07, 6.45) is 1.24. The highest BCUT2D eigenvalue weighted by Gasteiger charge is 2.32. The van der Waals surface area contributed by atoms with Crippen LogP contribution < -0.4 is 16.0 Å². The van der Waals surface area contributed by atoms with Gasteiger partial charge in [0.25, 0.3) is 0 Å². The number of hydrogen-bond acceptors (Lipinski definition) is 4. The predicted molar refractivity (Wildman–Crippen MR) is 91.7 cm³/mol. The lowest BCUT2D eigenvalue weighted by atomic mass is 9.93. The molecule has 3 rings (SSSR count). The molecule has 0 radical (unpaired) electrons. The van der Waals surface area contributed by atoms with Gasteiger partial charge < -0.3 is 15.6 Å². The highest BCUT2D eigenvalue weighted by molar-refractivity contribution is 5.98. The van der Waals surface area contributed by atoms with Gasteiger partial charge in [-0.2, -0.15) is 0 Å². The van der Waals surface area contributed by atoms with E-state index >= 15 is 0 Å². The van der Waals surface area contributed by atoms with Gasteiger partial charge in [-0.25, -0.2) is 9.78 Å². The van der Waals surface area contributed by atoms with Crippen LogP contribution in [-0.4, -0.2) is 40.4 Å². The lowest BCUT2D eigenvalue weighted by molar-refractivity contribution is -0.126. The van der Waals surface area contributed by atoms with E-state index in [1.54, 1.807) is 6.92 Å². The number of benzene rings is 1. The van der Waals surface area contributed by atoms with Crippen LogP contribution in [0.1, 0.15) is 25.6 Å². The molecule has 4 N–H and O–H groups in total. The Bertz CT molecular complexity index is 767. The van der Waals surface area contributed by atoms with Crippen molar-refractivity contribution in [2.75, 3.05) is 6.54 Å². The maximum atomic E-state index is 12.0. The number of fused-ring (bicyclic) bond motifs is 1. The summed E-state index contributed by atoms with van der Waals surface area (Å²) in [5, 5.41) is 7.71. The van der Waals surface area contributed by atoms with Crippen molar-refractivity contribution in [1.82, 2.24) is 25.9 Å². The number of amides is 4. The van der Waals surface area contributed by atoms with Crippen LogP contribution >= 0.6 is 0 Å². The average Bonchev–Trinajstić information content (AvgIpc) is 2.96. The van der Waals surface area contributed by atoms with Crippen LogP contribution in [0.2, 0.25) is 0 Å². The second-order valence-electron chi connectivity index (χ2n) is 6.20. The van der Waals surface area contributed by atoms with Crippen LogP contribution in [0.15, 0.2) is 24.3 Å². The molecule has 1 aliphatic rings. The molecule has 0 spiro atoms. The average molecular weight is 343 g/mol. The third kappa shape index (κ3) is 4.14. The van der Waals surface area contributed by atoms with Gasteiger partial charge >= 0.3 is 6.03 Å². The maximum Gasteiger partial charge on any atom is 0.321 e.